The number of rotatable bonds is 6. The fraction of sp³-hybridized carbons (Fsp3) is 0.412. The Morgan fingerprint density at radius 1 is 1.35 bits per heavy atom. The Labute approximate surface area is 155 Å². The smallest absolute Gasteiger partial charge is 0.326 e. The van der Waals surface area contributed by atoms with E-state index in [1.54, 1.807) is 13.8 Å². The van der Waals surface area contributed by atoms with Gasteiger partial charge in [0.2, 0.25) is 11.8 Å². The molecule has 1 N–H and O–H groups in total. The van der Waals surface area contributed by atoms with Crippen LogP contribution in [0.2, 0.25) is 0 Å². The Morgan fingerprint density at radius 2 is 2.04 bits per heavy atom. The van der Waals surface area contributed by atoms with E-state index in [4.69, 9.17) is 4.74 Å². The van der Waals surface area contributed by atoms with Gasteiger partial charge in [-0.1, -0.05) is 11.8 Å². The fourth-order valence-corrected chi connectivity index (χ4v) is 3.37. The molecule has 140 valence electrons. The van der Waals surface area contributed by atoms with Crippen molar-refractivity contribution in [2.75, 3.05) is 19.7 Å². The van der Waals surface area contributed by atoms with E-state index in [0.29, 0.717) is 12.2 Å². The van der Waals surface area contributed by atoms with Crippen LogP contribution >= 0.6 is 11.8 Å². The Morgan fingerprint density at radius 3 is 2.65 bits per heavy atom. The lowest BCUT2D eigenvalue weighted by atomic mass is 10.2. The zero-order valence-corrected chi connectivity index (χ0v) is 15.3. The molecule has 1 aromatic carbocycles. The number of thioether (sulfide) groups is 1. The van der Waals surface area contributed by atoms with Gasteiger partial charge in [-0.15, -0.1) is 0 Å². The number of amides is 2. The van der Waals surface area contributed by atoms with Gasteiger partial charge in [-0.25, -0.2) is 9.38 Å². The van der Waals surface area contributed by atoms with Gasteiger partial charge in [-0.3, -0.25) is 19.3 Å². The van der Waals surface area contributed by atoms with Crippen molar-refractivity contribution in [3.8, 4) is 0 Å². The van der Waals surface area contributed by atoms with Crippen molar-refractivity contribution < 1.29 is 23.5 Å². The maximum absolute atomic E-state index is 13.1. The quantitative estimate of drug-likeness (QED) is 0.760. The summed E-state index contributed by atoms with van der Waals surface area (Å²) in [5, 5.41) is 2.24. The Hall–Kier alpha value is -2.42. The maximum atomic E-state index is 13.1. The van der Waals surface area contributed by atoms with Crippen molar-refractivity contribution in [1.29, 1.82) is 0 Å². The Balaban J connectivity index is 2.29. The lowest BCUT2D eigenvalue weighted by Gasteiger charge is -2.31. The molecule has 0 aliphatic carbocycles. The average Bonchev–Trinajstić information content (AvgIpc) is 2.60. The minimum absolute atomic E-state index is 0.0433. The predicted molar refractivity (Wildman–Crippen MR) is 96.5 cm³/mol. The van der Waals surface area contributed by atoms with Crippen molar-refractivity contribution in [1.82, 2.24) is 10.2 Å². The maximum Gasteiger partial charge on any atom is 0.326 e. The molecular weight excluding hydrogens is 361 g/mol. The lowest BCUT2D eigenvalue weighted by molar-refractivity contribution is -0.146. The molecule has 1 aliphatic rings. The second kappa shape index (κ2) is 9.33. The van der Waals surface area contributed by atoms with E-state index in [1.165, 1.54) is 29.2 Å². The molecule has 1 aliphatic heterocycles. The number of amidine groups is 1. The third kappa shape index (κ3) is 5.29. The molecule has 0 radical (unpaired) electrons. The zero-order valence-electron chi connectivity index (χ0n) is 14.5. The fourth-order valence-electron chi connectivity index (χ4n) is 2.25. The first-order valence-electron chi connectivity index (χ1n) is 8.19. The normalized spacial score (nSPS) is 18.7. The third-order valence-corrected chi connectivity index (χ3v) is 4.61. The molecule has 1 atom stereocenters. The molecule has 0 aromatic heterocycles. The number of nitrogens with one attached hydrogen (secondary N) is 1. The van der Waals surface area contributed by atoms with E-state index >= 15 is 0 Å². The summed E-state index contributed by atoms with van der Waals surface area (Å²) < 4.78 is 18.0. The van der Waals surface area contributed by atoms with Gasteiger partial charge in [0, 0.05) is 13.0 Å². The summed E-state index contributed by atoms with van der Waals surface area (Å²) in [6.07, 6.45) is -0.0433. The molecule has 7 nitrogen and oxygen atoms in total. The van der Waals surface area contributed by atoms with Gasteiger partial charge in [0.1, 0.15) is 12.4 Å². The van der Waals surface area contributed by atoms with Crippen LogP contribution in [0.15, 0.2) is 29.3 Å². The SMILES string of the molecule is CCNC(=O)C1CC(=O)N(CC(=O)OCC)C(=Nc2ccc(F)cc2)S1. The molecule has 2 rings (SSSR count). The van der Waals surface area contributed by atoms with Gasteiger partial charge in [-0.2, -0.15) is 0 Å². The minimum atomic E-state index is -0.639. The second-order valence-corrected chi connectivity index (χ2v) is 6.53. The molecule has 1 unspecified atom stereocenters. The van der Waals surface area contributed by atoms with Crippen LogP contribution in [0.25, 0.3) is 0 Å². The molecule has 1 aromatic rings. The van der Waals surface area contributed by atoms with Crippen LogP contribution in [0, 0.1) is 5.82 Å². The number of carbonyl (C=O) groups excluding carboxylic acids is 3. The van der Waals surface area contributed by atoms with E-state index in [1.807, 2.05) is 0 Å². The van der Waals surface area contributed by atoms with E-state index in [9.17, 15) is 18.8 Å². The summed E-state index contributed by atoms with van der Waals surface area (Å²) >= 11 is 1.09. The molecule has 9 heteroatoms. The van der Waals surface area contributed by atoms with E-state index in [2.05, 4.69) is 10.3 Å². The molecule has 1 fully saturated rings. The van der Waals surface area contributed by atoms with Gasteiger partial charge in [-0.05, 0) is 38.1 Å². The van der Waals surface area contributed by atoms with E-state index < -0.39 is 22.9 Å². The number of nitrogens with zero attached hydrogens (tertiary/aromatic N) is 2. The Bertz CT molecular complexity index is 708. The van der Waals surface area contributed by atoms with Crippen LogP contribution in [-0.4, -0.2) is 52.8 Å². The monoisotopic (exact) mass is 381 g/mol. The number of ether oxygens (including phenoxy) is 1. The number of aliphatic imine (C=N–C) groups is 1. The molecule has 0 bridgehead atoms. The highest BCUT2D eigenvalue weighted by molar-refractivity contribution is 8.15. The van der Waals surface area contributed by atoms with Gasteiger partial charge < -0.3 is 10.1 Å². The number of carbonyl (C=O) groups is 3. The molecule has 26 heavy (non-hydrogen) atoms. The number of esters is 1. The van der Waals surface area contributed by atoms with Crippen LogP contribution in [0.4, 0.5) is 10.1 Å². The topological polar surface area (TPSA) is 88.1 Å². The van der Waals surface area contributed by atoms with Gasteiger partial charge in [0.15, 0.2) is 5.17 Å². The van der Waals surface area contributed by atoms with Crippen molar-refractivity contribution in [2.24, 2.45) is 4.99 Å². The highest BCUT2D eigenvalue weighted by Crippen LogP contribution is 2.29. The van der Waals surface area contributed by atoms with Crippen LogP contribution in [0.5, 0.6) is 0 Å². The van der Waals surface area contributed by atoms with Crippen molar-refractivity contribution in [2.45, 2.75) is 25.5 Å². The van der Waals surface area contributed by atoms with Gasteiger partial charge >= 0.3 is 5.97 Å². The highest BCUT2D eigenvalue weighted by Gasteiger charge is 2.36. The third-order valence-electron chi connectivity index (χ3n) is 3.43. The number of hydrogen-bond acceptors (Lipinski definition) is 6. The van der Waals surface area contributed by atoms with Crippen LogP contribution in [0.3, 0.4) is 0 Å². The number of hydrogen-bond donors (Lipinski definition) is 1. The summed E-state index contributed by atoms with van der Waals surface area (Å²) in [5.41, 5.74) is 0.409. The molecular formula is C17H20FN3O4S. The zero-order chi connectivity index (χ0) is 19.1. The first kappa shape index (κ1) is 19.9. The van der Waals surface area contributed by atoms with Crippen molar-refractivity contribution in [3.63, 3.8) is 0 Å². The first-order valence-corrected chi connectivity index (χ1v) is 9.07. The van der Waals surface area contributed by atoms with Crippen molar-refractivity contribution >= 4 is 40.4 Å². The second-order valence-electron chi connectivity index (χ2n) is 5.36. The van der Waals surface area contributed by atoms with Crippen LogP contribution in [0.1, 0.15) is 20.3 Å². The van der Waals surface area contributed by atoms with Crippen LogP contribution in [-0.2, 0) is 19.1 Å². The summed E-state index contributed by atoms with van der Waals surface area (Å²) in [6, 6.07) is 5.38. The molecule has 2 amide bonds. The summed E-state index contributed by atoms with van der Waals surface area (Å²) in [7, 11) is 0. The molecule has 1 saturated heterocycles. The molecule has 0 spiro atoms. The summed E-state index contributed by atoms with van der Waals surface area (Å²) in [5.74, 6) is -1.64. The Kier molecular flexibility index (Phi) is 7.14. The standard InChI is InChI=1S/C17H20FN3O4S/c1-3-19-16(24)13-9-14(22)21(10-15(23)25-4-2)17(26-13)20-12-7-5-11(18)6-8-12/h5-8,13H,3-4,9-10H2,1-2H3,(H,19,24). The van der Waals surface area contributed by atoms with Crippen LogP contribution < -0.4 is 5.32 Å². The highest BCUT2D eigenvalue weighted by atomic mass is 32.2. The van der Waals surface area contributed by atoms with Crippen molar-refractivity contribution in [3.05, 3.63) is 30.1 Å². The average molecular weight is 381 g/mol. The number of halogens is 1. The van der Waals surface area contributed by atoms with E-state index in [-0.39, 0.29) is 30.6 Å². The van der Waals surface area contributed by atoms with E-state index in [0.717, 1.165) is 11.8 Å². The number of benzene rings is 1. The summed E-state index contributed by atoms with van der Waals surface area (Å²) in [4.78, 5) is 41.9. The first-order chi connectivity index (χ1) is 12.4. The molecule has 1 heterocycles. The van der Waals surface area contributed by atoms with Gasteiger partial charge in [0.25, 0.3) is 0 Å². The largest absolute Gasteiger partial charge is 0.465 e. The summed E-state index contributed by atoms with van der Waals surface area (Å²) in [6.45, 7) is 3.81. The predicted octanol–water partition coefficient (Wildman–Crippen LogP) is 1.85. The lowest BCUT2D eigenvalue weighted by Crippen LogP contribution is -2.48. The van der Waals surface area contributed by atoms with Gasteiger partial charge in [0.05, 0.1) is 17.5 Å². The molecule has 0 saturated carbocycles. The minimum Gasteiger partial charge on any atom is -0.465 e.